The molecule has 0 aliphatic carbocycles. The number of methoxy groups -OCH3 is 1. The van der Waals surface area contributed by atoms with Crippen LogP contribution in [-0.2, 0) is 4.74 Å². The molecule has 0 fully saturated rings. The van der Waals surface area contributed by atoms with Crippen molar-refractivity contribution in [3.8, 4) is 11.1 Å². The van der Waals surface area contributed by atoms with Crippen LogP contribution >= 0.6 is 0 Å². The highest BCUT2D eigenvalue weighted by Crippen LogP contribution is 2.22. The van der Waals surface area contributed by atoms with E-state index in [9.17, 15) is 4.79 Å². The SMILES string of the molecule is COCCCNC(=O)c1cncc(-c2cc(C)cc(C)c2)c1. The van der Waals surface area contributed by atoms with Crippen molar-refractivity contribution in [1.82, 2.24) is 10.3 Å². The van der Waals surface area contributed by atoms with Crippen LogP contribution in [0.1, 0.15) is 27.9 Å². The van der Waals surface area contributed by atoms with Crippen LogP contribution in [0, 0.1) is 13.8 Å². The monoisotopic (exact) mass is 298 g/mol. The van der Waals surface area contributed by atoms with E-state index >= 15 is 0 Å². The molecule has 0 aliphatic rings. The van der Waals surface area contributed by atoms with E-state index < -0.39 is 0 Å². The van der Waals surface area contributed by atoms with Gasteiger partial charge in [0, 0.05) is 38.2 Å². The normalized spacial score (nSPS) is 10.5. The highest BCUT2D eigenvalue weighted by molar-refractivity contribution is 5.95. The Morgan fingerprint density at radius 3 is 2.50 bits per heavy atom. The smallest absolute Gasteiger partial charge is 0.252 e. The van der Waals surface area contributed by atoms with Gasteiger partial charge in [-0.3, -0.25) is 9.78 Å². The van der Waals surface area contributed by atoms with E-state index in [2.05, 4.69) is 42.3 Å². The van der Waals surface area contributed by atoms with Crippen molar-refractivity contribution in [2.75, 3.05) is 20.3 Å². The molecule has 0 saturated carbocycles. The molecular weight excluding hydrogens is 276 g/mol. The number of ether oxygens (including phenoxy) is 1. The maximum absolute atomic E-state index is 12.1. The Bertz CT molecular complexity index is 633. The second-order valence-corrected chi connectivity index (χ2v) is 5.44. The van der Waals surface area contributed by atoms with E-state index in [1.54, 1.807) is 19.5 Å². The zero-order valence-corrected chi connectivity index (χ0v) is 13.3. The summed E-state index contributed by atoms with van der Waals surface area (Å²) in [7, 11) is 1.65. The molecule has 4 nitrogen and oxygen atoms in total. The molecule has 1 aromatic heterocycles. The second kappa shape index (κ2) is 7.71. The van der Waals surface area contributed by atoms with Crippen LogP contribution in [0.25, 0.3) is 11.1 Å². The molecule has 1 heterocycles. The molecule has 0 unspecified atom stereocenters. The number of nitrogens with zero attached hydrogens (tertiary/aromatic N) is 1. The van der Waals surface area contributed by atoms with Crippen LogP contribution in [0.4, 0.5) is 0 Å². The van der Waals surface area contributed by atoms with Gasteiger partial charge in [-0.1, -0.05) is 29.3 Å². The largest absolute Gasteiger partial charge is 0.385 e. The van der Waals surface area contributed by atoms with Gasteiger partial charge in [-0.25, -0.2) is 0 Å². The van der Waals surface area contributed by atoms with E-state index in [-0.39, 0.29) is 5.91 Å². The summed E-state index contributed by atoms with van der Waals surface area (Å²) in [6, 6.07) is 8.21. The zero-order valence-electron chi connectivity index (χ0n) is 13.3. The number of aryl methyl sites for hydroxylation is 2. The van der Waals surface area contributed by atoms with Crippen molar-refractivity contribution in [3.63, 3.8) is 0 Å². The van der Waals surface area contributed by atoms with E-state index in [0.29, 0.717) is 18.7 Å². The van der Waals surface area contributed by atoms with Crippen LogP contribution in [0.2, 0.25) is 0 Å². The molecule has 1 amide bonds. The second-order valence-electron chi connectivity index (χ2n) is 5.44. The molecule has 116 valence electrons. The maximum Gasteiger partial charge on any atom is 0.252 e. The van der Waals surface area contributed by atoms with Gasteiger partial charge in [0.2, 0.25) is 0 Å². The summed E-state index contributed by atoms with van der Waals surface area (Å²) >= 11 is 0. The third-order valence-corrected chi connectivity index (χ3v) is 3.37. The van der Waals surface area contributed by atoms with Crippen molar-refractivity contribution in [2.24, 2.45) is 0 Å². The summed E-state index contributed by atoms with van der Waals surface area (Å²) in [6.45, 7) is 5.37. The third kappa shape index (κ3) is 4.40. The van der Waals surface area contributed by atoms with E-state index in [1.165, 1.54) is 11.1 Å². The molecular formula is C18H22N2O2. The predicted molar refractivity (Wildman–Crippen MR) is 88.0 cm³/mol. The van der Waals surface area contributed by atoms with Crippen LogP contribution in [-0.4, -0.2) is 31.2 Å². The number of pyridine rings is 1. The number of amides is 1. The van der Waals surface area contributed by atoms with Gasteiger partial charge in [-0.05, 0) is 31.9 Å². The lowest BCUT2D eigenvalue weighted by molar-refractivity contribution is 0.0948. The zero-order chi connectivity index (χ0) is 15.9. The molecule has 0 radical (unpaired) electrons. The molecule has 0 aliphatic heterocycles. The van der Waals surface area contributed by atoms with E-state index in [4.69, 9.17) is 4.74 Å². The predicted octanol–water partition coefficient (Wildman–Crippen LogP) is 3.13. The Kier molecular flexibility index (Phi) is 5.67. The Morgan fingerprint density at radius 2 is 1.82 bits per heavy atom. The molecule has 1 aromatic carbocycles. The van der Waals surface area contributed by atoms with Gasteiger partial charge in [-0.15, -0.1) is 0 Å². The lowest BCUT2D eigenvalue weighted by Gasteiger charge is -2.08. The summed E-state index contributed by atoms with van der Waals surface area (Å²) in [5.41, 5.74) is 5.01. The number of benzene rings is 1. The molecule has 0 bridgehead atoms. The first-order valence-electron chi connectivity index (χ1n) is 7.41. The number of rotatable bonds is 6. The number of aromatic nitrogens is 1. The summed E-state index contributed by atoms with van der Waals surface area (Å²) in [5, 5.41) is 2.88. The molecule has 1 N–H and O–H groups in total. The van der Waals surface area contributed by atoms with Crippen LogP contribution < -0.4 is 5.32 Å². The first kappa shape index (κ1) is 16.2. The van der Waals surface area contributed by atoms with Gasteiger partial charge >= 0.3 is 0 Å². The number of carbonyl (C=O) groups is 1. The lowest BCUT2D eigenvalue weighted by atomic mass is 10.0. The molecule has 0 saturated heterocycles. The molecule has 2 aromatic rings. The van der Waals surface area contributed by atoms with Gasteiger partial charge in [0.25, 0.3) is 5.91 Å². The third-order valence-electron chi connectivity index (χ3n) is 3.37. The Morgan fingerprint density at radius 1 is 1.09 bits per heavy atom. The quantitative estimate of drug-likeness (QED) is 0.834. The van der Waals surface area contributed by atoms with Crippen molar-refractivity contribution in [3.05, 3.63) is 53.3 Å². The average Bonchev–Trinajstić information content (AvgIpc) is 2.50. The van der Waals surface area contributed by atoms with Crippen molar-refractivity contribution >= 4 is 5.91 Å². The highest BCUT2D eigenvalue weighted by atomic mass is 16.5. The minimum Gasteiger partial charge on any atom is -0.385 e. The summed E-state index contributed by atoms with van der Waals surface area (Å²) in [5.74, 6) is -0.102. The Balaban J connectivity index is 2.14. The first-order valence-corrected chi connectivity index (χ1v) is 7.41. The number of nitrogens with one attached hydrogen (secondary N) is 1. The van der Waals surface area contributed by atoms with Gasteiger partial charge in [0.1, 0.15) is 0 Å². The van der Waals surface area contributed by atoms with Gasteiger partial charge in [0.15, 0.2) is 0 Å². The highest BCUT2D eigenvalue weighted by Gasteiger charge is 2.08. The molecule has 22 heavy (non-hydrogen) atoms. The topological polar surface area (TPSA) is 51.2 Å². The van der Waals surface area contributed by atoms with Crippen molar-refractivity contribution in [2.45, 2.75) is 20.3 Å². The fourth-order valence-electron chi connectivity index (χ4n) is 2.38. The van der Waals surface area contributed by atoms with E-state index in [1.807, 2.05) is 6.07 Å². The van der Waals surface area contributed by atoms with E-state index in [0.717, 1.165) is 17.5 Å². The van der Waals surface area contributed by atoms with Gasteiger partial charge in [-0.2, -0.15) is 0 Å². The summed E-state index contributed by atoms with van der Waals surface area (Å²) in [4.78, 5) is 16.3. The Labute approximate surface area is 131 Å². The molecule has 4 heteroatoms. The van der Waals surface area contributed by atoms with Crippen molar-refractivity contribution < 1.29 is 9.53 Å². The summed E-state index contributed by atoms with van der Waals surface area (Å²) < 4.78 is 4.97. The van der Waals surface area contributed by atoms with Gasteiger partial charge < -0.3 is 10.1 Å². The molecule has 2 rings (SSSR count). The minimum absolute atomic E-state index is 0.102. The number of hydrogen-bond donors (Lipinski definition) is 1. The average molecular weight is 298 g/mol. The number of hydrogen-bond acceptors (Lipinski definition) is 3. The van der Waals surface area contributed by atoms with Crippen LogP contribution in [0.3, 0.4) is 0 Å². The van der Waals surface area contributed by atoms with Crippen LogP contribution in [0.5, 0.6) is 0 Å². The van der Waals surface area contributed by atoms with Crippen LogP contribution in [0.15, 0.2) is 36.7 Å². The Hall–Kier alpha value is -2.20. The molecule has 0 atom stereocenters. The number of carbonyl (C=O) groups excluding carboxylic acids is 1. The molecule has 0 spiro atoms. The lowest BCUT2D eigenvalue weighted by Crippen LogP contribution is -2.25. The standard InChI is InChI=1S/C18H22N2O2/c1-13-7-14(2)9-15(8-13)16-10-17(12-19-11-16)18(21)20-5-4-6-22-3/h7-12H,4-6H2,1-3H3,(H,20,21). The minimum atomic E-state index is -0.102. The summed E-state index contributed by atoms with van der Waals surface area (Å²) in [6.07, 6.45) is 4.18. The fourth-order valence-corrected chi connectivity index (χ4v) is 2.38. The van der Waals surface area contributed by atoms with Gasteiger partial charge in [0.05, 0.1) is 5.56 Å². The van der Waals surface area contributed by atoms with Crippen molar-refractivity contribution in [1.29, 1.82) is 0 Å². The first-order chi connectivity index (χ1) is 10.6. The maximum atomic E-state index is 12.1. The fraction of sp³-hybridized carbons (Fsp3) is 0.333.